The number of nitrogens with two attached hydrogens (primary N) is 2. The number of carbonyl (C=O) groups is 1. The Labute approximate surface area is 118 Å². The van der Waals surface area contributed by atoms with Crippen LogP contribution in [0.4, 0.5) is 11.4 Å². The van der Waals surface area contributed by atoms with Gasteiger partial charge in [-0.25, -0.2) is 0 Å². The van der Waals surface area contributed by atoms with Crippen molar-refractivity contribution in [2.24, 2.45) is 5.73 Å². The maximum Gasteiger partial charge on any atom is 0.250 e. The molecule has 2 rings (SSSR count). The Morgan fingerprint density at radius 2 is 2.26 bits per heavy atom. The molecule has 1 aromatic carbocycles. The van der Waals surface area contributed by atoms with Gasteiger partial charge >= 0.3 is 0 Å². The predicted molar refractivity (Wildman–Crippen MR) is 82.6 cm³/mol. The second kappa shape index (κ2) is 6.19. The first kappa shape index (κ1) is 14.1. The zero-order valence-corrected chi connectivity index (χ0v) is 12.0. The summed E-state index contributed by atoms with van der Waals surface area (Å²) in [6.45, 7) is 2.19. The number of anilines is 2. The van der Waals surface area contributed by atoms with Crippen LogP contribution in [0.3, 0.4) is 0 Å². The van der Waals surface area contributed by atoms with Crippen LogP contribution in [0.1, 0.15) is 36.5 Å². The van der Waals surface area contributed by atoms with Gasteiger partial charge in [0.1, 0.15) is 0 Å². The van der Waals surface area contributed by atoms with Crippen LogP contribution in [-0.4, -0.2) is 23.0 Å². The molecular weight excluding hydrogens is 258 g/mol. The molecule has 1 aromatic rings. The fourth-order valence-corrected chi connectivity index (χ4v) is 3.74. The van der Waals surface area contributed by atoms with Gasteiger partial charge < -0.3 is 16.8 Å². The fourth-order valence-electron chi connectivity index (χ4n) is 2.60. The summed E-state index contributed by atoms with van der Waals surface area (Å²) in [7, 11) is 0. The highest BCUT2D eigenvalue weighted by Gasteiger charge is 2.25. The number of thioether (sulfide) groups is 1. The monoisotopic (exact) mass is 279 g/mol. The highest BCUT2D eigenvalue weighted by molar-refractivity contribution is 7.99. The predicted octanol–water partition coefficient (Wildman–Crippen LogP) is 2.45. The van der Waals surface area contributed by atoms with Crippen molar-refractivity contribution >= 4 is 29.0 Å². The molecule has 19 heavy (non-hydrogen) atoms. The quantitative estimate of drug-likeness (QED) is 0.723. The first-order chi connectivity index (χ1) is 9.11. The van der Waals surface area contributed by atoms with Crippen molar-refractivity contribution in [1.82, 2.24) is 0 Å². The topological polar surface area (TPSA) is 81.1 Å². The molecule has 4 nitrogen and oxygen atoms in total. The number of carbonyl (C=O) groups excluding carboxylic acids is 1. The van der Waals surface area contributed by atoms with Crippen molar-refractivity contribution in [2.45, 2.75) is 37.5 Å². The number of hydrogen-bond donors (Lipinski definition) is 3. The summed E-state index contributed by atoms with van der Waals surface area (Å²) in [5.74, 6) is 0.712. The number of para-hydroxylation sites is 1. The summed E-state index contributed by atoms with van der Waals surface area (Å²) in [6.07, 6.45) is 3.45. The van der Waals surface area contributed by atoms with E-state index >= 15 is 0 Å². The molecule has 5 N–H and O–H groups in total. The molecule has 2 unspecified atom stereocenters. The van der Waals surface area contributed by atoms with Crippen molar-refractivity contribution in [2.75, 3.05) is 16.8 Å². The molecule has 1 fully saturated rings. The van der Waals surface area contributed by atoms with Gasteiger partial charge in [-0.05, 0) is 37.1 Å². The molecule has 0 radical (unpaired) electrons. The molecule has 0 heterocycles. The van der Waals surface area contributed by atoms with Crippen molar-refractivity contribution in [3.63, 3.8) is 0 Å². The standard InChI is InChI=1S/C14H21N3OS/c1-2-19-10-7-6-9(8-10)17-13-11(14(16)18)4-3-5-12(13)15/h3-5,9-10,17H,2,6-8,15H2,1H3,(H2,16,18). The van der Waals surface area contributed by atoms with Crippen molar-refractivity contribution in [3.05, 3.63) is 23.8 Å². The normalized spacial score (nSPS) is 22.4. The minimum atomic E-state index is -0.438. The highest BCUT2D eigenvalue weighted by atomic mass is 32.2. The molecule has 5 heteroatoms. The summed E-state index contributed by atoms with van der Waals surface area (Å²) in [5.41, 5.74) is 13.1. The van der Waals surface area contributed by atoms with E-state index in [2.05, 4.69) is 12.2 Å². The van der Waals surface area contributed by atoms with Crippen LogP contribution >= 0.6 is 11.8 Å². The summed E-state index contributed by atoms with van der Waals surface area (Å²) in [5, 5.41) is 4.12. The second-order valence-corrected chi connectivity index (χ2v) is 6.44. The molecule has 2 atom stereocenters. The van der Waals surface area contributed by atoms with Gasteiger partial charge in [-0.3, -0.25) is 4.79 Å². The second-order valence-electron chi connectivity index (χ2n) is 4.87. The van der Waals surface area contributed by atoms with Crippen LogP contribution in [0.15, 0.2) is 18.2 Å². The molecule has 0 bridgehead atoms. The van der Waals surface area contributed by atoms with E-state index in [1.807, 2.05) is 11.8 Å². The van der Waals surface area contributed by atoms with Crippen molar-refractivity contribution in [3.8, 4) is 0 Å². The Bertz CT molecular complexity index is 464. The maximum absolute atomic E-state index is 11.4. The number of primary amides is 1. The van der Waals surface area contributed by atoms with E-state index in [0.717, 1.165) is 18.6 Å². The molecule has 0 aromatic heterocycles. The first-order valence-electron chi connectivity index (χ1n) is 6.68. The van der Waals surface area contributed by atoms with Crippen molar-refractivity contribution < 1.29 is 4.79 Å². The molecule has 0 saturated heterocycles. The smallest absolute Gasteiger partial charge is 0.250 e. The van der Waals surface area contributed by atoms with E-state index in [0.29, 0.717) is 28.2 Å². The third kappa shape index (κ3) is 3.35. The molecule has 104 valence electrons. The van der Waals surface area contributed by atoms with Gasteiger partial charge in [0.05, 0.1) is 16.9 Å². The third-order valence-corrected chi connectivity index (χ3v) is 4.73. The molecule has 1 amide bonds. The Kier molecular flexibility index (Phi) is 4.58. The number of hydrogen-bond acceptors (Lipinski definition) is 4. The van der Waals surface area contributed by atoms with Crippen LogP contribution in [-0.2, 0) is 0 Å². The lowest BCUT2D eigenvalue weighted by molar-refractivity contribution is 0.100. The van der Waals surface area contributed by atoms with E-state index in [4.69, 9.17) is 11.5 Å². The molecule has 1 aliphatic carbocycles. The van der Waals surface area contributed by atoms with Crippen LogP contribution in [0.25, 0.3) is 0 Å². The lowest BCUT2D eigenvalue weighted by atomic mass is 10.1. The Hall–Kier alpha value is -1.36. The van der Waals surface area contributed by atoms with E-state index < -0.39 is 5.91 Å². The van der Waals surface area contributed by atoms with Gasteiger partial charge in [0.15, 0.2) is 0 Å². The fraction of sp³-hybridized carbons (Fsp3) is 0.500. The van der Waals surface area contributed by atoms with Crippen LogP contribution in [0, 0.1) is 0 Å². The SMILES string of the molecule is CCSC1CCC(Nc2c(N)cccc2C(N)=O)C1. The minimum Gasteiger partial charge on any atom is -0.397 e. The van der Waals surface area contributed by atoms with E-state index in [9.17, 15) is 4.79 Å². The number of benzene rings is 1. The van der Waals surface area contributed by atoms with Gasteiger partial charge in [0.25, 0.3) is 5.91 Å². The average molecular weight is 279 g/mol. The number of rotatable bonds is 5. The zero-order valence-electron chi connectivity index (χ0n) is 11.2. The van der Waals surface area contributed by atoms with Crippen LogP contribution in [0.2, 0.25) is 0 Å². The van der Waals surface area contributed by atoms with Gasteiger partial charge in [-0.1, -0.05) is 13.0 Å². The zero-order chi connectivity index (χ0) is 13.8. The first-order valence-corrected chi connectivity index (χ1v) is 7.73. The third-order valence-electron chi connectivity index (χ3n) is 3.50. The summed E-state index contributed by atoms with van der Waals surface area (Å²) < 4.78 is 0. The molecular formula is C14H21N3OS. The van der Waals surface area contributed by atoms with Gasteiger partial charge in [-0.15, -0.1) is 0 Å². The molecule has 0 aliphatic heterocycles. The number of amides is 1. The summed E-state index contributed by atoms with van der Waals surface area (Å²) in [4.78, 5) is 11.4. The van der Waals surface area contributed by atoms with Crippen LogP contribution in [0.5, 0.6) is 0 Å². The maximum atomic E-state index is 11.4. The number of nitrogen functional groups attached to an aromatic ring is 1. The Morgan fingerprint density at radius 1 is 1.47 bits per heavy atom. The van der Waals surface area contributed by atoms with E-state index in [1.54, 1.807) is 18.2 Å². The average Bonchev–Trinajstić information content (AvgIpc) is 2.79. The largest absolute Gasteiger partial charge is 0.397 e. The molecule has 0 spiro atoms. The lowest BCUT2D eigenvalue weighted by Crippen LogP contribution is -2.21. The Balaban J connectivity index is 2.09. The number of nitrogens with one attached hydrogen (secondary N) is 1. The van der Waals surface area contributed by atoms with E-state index in [-0.39, 0.29) is 0 Å². The molecule has 1 saturated carbocycles. The lowest BCUT2D eigenvalue weighted by Gasteiger charge is -2.18. The summed E-state index contributed by atoms with van der Waals surface area (Å²) >= 11 is 2.01. The van der Waals surface area contributed by atoms with Gasteiger partial charge in [0, 0.05) is 11.3 Å². The van der Waals surface area contributed by atoms with E-state index in [1.165, 1.54) is 6.42 Å². The highest BCUT2D eigenvalue weighted by Crippen LogP contribution is 2.33. The van der Waals surface area contributed by atoms with Crippen molar-refractivity contribution in [1.29, 1.82) is 0 Å². The van der Waals surface area contributed by atoms with Crippen LogP contribution < -0.4 is 16.8 Å². The van der Waals surface area contributed by atoms with Gasteiger partial charge in [-0.2, -0.15) is 11.8 Å². The molecule has 1 aliphatic rings. The summed E-state index contributed by atoms with van der Waals surface area (Å²) in [6, 6.07) is 5.65. The minimum absolute atomic E-state index is 0.381. The van der Waals surface area contributed by atoms with Gasteiger partial charge in [0.2, 0.25) is 0 Å². The Morgan fingerprint density at radius 3 is 2.95 bits per heavy atom.